The van der Waals surface area contributed by atoms with Gasteiger partial charge < -0.3 is 10.4 Å². The third-order valence-electron chi connectivity index (χ3n) is 3.75. The second-order valence-electron chi connectivity index (χ2n) is 5.93. The highest BCUT2D eigenvalue weighted by Gasteiger charge is 2.36. The van der Waals surface area contributed by atoms with Crippen LogP contribution in [0.3, 0.4) is 0 Å². The maximum absolute atomic E-state index is 12.2. The fourth-order valence-electron chi connectivity index (χ4n) is 2.79. The molecule has 0 spiro atoms. The lowest BCUT2D eigenvalue weighted by atomic mass is 9.97. The van der Waals surface area contributed by atoms with E-state index in [9.17, 15) is 9.90 Å². The summed E-state index contributed by atoms with van der Waals surface area (Å²) in [7, 11) is 0. The van der Waals surface area contributed by atoms with Crippen LogP contribution in [0.5, 0.6) is 0 Å². The first-order chi connectivity index (χ1) is 9.79. The van der Waals surface area contributed by atoms with E-state index in [0.29, 0.717) is 15.7 Å². The number of hydrogen-bond acceptors (Lipinski definition) is 3. The second kappa shape index (κ2) is 6.53. The summed E-state index contributed by atoms with van der Waals surface area (Å²) in [6.45, 7) is 4.60. The summed E-state index contributed by atoms with van der Waals surface area (Å²) in [6.07, 6.45) is 1.88. The first-order valence-electron chi connectivity index (χ1n) is 6.99. The van der Waals surface area contributed by atoms with Crippen LogP contribution in [0.2, 0.25) is 10.0 Å². The number of aliphatic hydroxyl groups is 1. The number of carbonyl (C=O) groups excluding carboxylic acids is 1. The molecule has 1 aliphatic heterocycles. The third-order valence-corrected chi connectivity index (χ3v) is 4.57. The first-order valence-corrected chi connectivity index (χ1v) is 7.75. The SMILES string of the molecule is CC(C)(O)C1CCCN1CC(=O)Nc1cccc(Cl)c1Cl. The first kappa shape index (κ1) is 16.6. The van der Waals surface area contributed by atoms with Crippen LogP contribution >= 0.6 is 23.2 Å². The summed E-state index contributed by atoms with van der Waals surface area (Å²) in [5, 5.41) is 13.7. The molecular formula is C15H20Cl2N2O2. The highest BCUT2D eigenvalue weighted by molar-refractivity contribution is 6.43. The number of hydrogen-bond donors (Lipinski definition) is 2. The van der Waals surface area contributed by atoms with Crippen molar-refractivity contribution < 1.29 is 9.90 Å². The molecule has 0 saturated carbocycles. The second-order valence-corrected chi connectivity index (χ2v) is 6.72. The zero-order chi connectivity index (χ0) is 15.6. The molecule has 0 bridgehead atoms. The normalized spacial score (nSPS) is 19.8. The molecule has 116 valence electrons. The zero-order valence-electron chi connectivity index (χ0n) is 12.2. The molecule has 1 aromatic rings. The van der Waals surface area contributed by atoms with Crippen LogP contribution < -0.4 is 5.32 Å². The number of nitrogens with one attached hydrogen (secondary N) is 1. The molecule has 1 unspecified atom stereocenters. The molecule has 1 heterocycles. The predicted octanol–water partition coefficient (Wildman–Crippen LogP) is 3.17. The Balaban J connectivity index is 2.00. The Morgan fingerprint density at radius 2 is 2.19 bits per heavy atom. The van der Waals surface area contributed by atoms with Gasteiger partial charge in [-0.1, -0.05) is 29.3 Å². The Bertz CT molecular complexity index is 529. The summed E-state index contributed by atoms with van der Waals surface area (Å²) in [5.41, 5.74) is -0.307. The summed E-state index contributed by atoms with van der Waals surface area (Å²) in [4.78, 5) is 14.2. The van der Waals surface area contributed by atoms with Crippen LogP contribution in [-0.4, -0.2) is 40.6 Å². The molecule has 2 rings (SSSR count). The average Bonchev–Trinajstić information content (AvgIpc) is 2.83. The van der Waals surface area contributed by atoms with Crippen molar-refractivity contribution in [2.24, 2.45) is 0 Å². The van der Waals surface area contributed by atoms with Crippen LogP contribution in [0.1, 0.15) is 26.7 Å². The van der Waals surface area contributed by atoms with Crippen LogP contribution in [0.15, 0.2) is 18.2 Å². The van der Waals surface area contributed by atoms with Gasteiger partial charge in [-0.2, -0.15) is 0 Å². The standard InChI is InChI=1S/C15H20Cl2N2O2/c1-15(2,21)12-7-4-8-19(12)9-13(20)18-11-6-3-5-10(16)14(11)17/h3,5-6,12,21H,4,7-9H2,1-2H3,(H,18,20). The van der Waals surface area contributed by atoms with Gasteiger partial charge in [0, 0.05) is 6.04 Å². The van der Waals surface area contributed by atoms with Crippen LogP contribution in [0.25, 0.3) is 0 Å². The Hall–Kier alpha value is -0.810. The Labute approximate surface area is 135 Å². The lowest BCUT2D eigenvalue weighted by molar-refractivity contribution is -0.118. The maximum atomic E-state index is 12.2. The minimum absolute atomic E-state index is 0.00177. The van der Waals surface area contributed by atoms with Crippen molar-refractivity contribution in [2.75, 3.05) is 18.4 Å². The number of nitrogens with zero attached hydrogens (tertiary/aromatic N) is 1. The summed E-state index contributed by atoms with van der Waals surface area (Å²) >= 11 is 12.0. The van der Waals surface area contributed by atoms with Crippen molar-refractivity contribution in [3.8, 4) is 0 Å². The van der Waals surface area contributed by atoms with Crippen molar-refractivity contribution in [2.45, 2.75) is 38.3 Å². The van der Waals surface area contributed by atoms with Crippen molar-refractivity contribution in [3.05, 3.63) is 28.2 Å². The van der Waals surface area contributed by atoms with Gasteiger partial charge in [0.05, 0.1) is 27.9 Å². The predicted molar refractivity (Wildman–Crippen MR) is 86.0 cm³/mol. The van der Waals surface area contributed by atoms with Gasteiger partial charge in [-0.3, -0.25) is 9.69 Å². The zero-order valence-corrected chi connectivity index (χ0v) is 13.7. The summed E-state index contributed by atoms with van der Waals surface area (Å²) < 4.78 is 0. The Morgan fingerprint density at radius 1 is 1.48 bits per heavy atom. The van der Waals surface area contributed by atoms with Gasteiger partial charge in [0.1, 0.15) is 0 Å². The molecule has 1 fully saturated rings. The third kappa shape index (κ3) is 4.10. The van der Waals surface area contributed by atoms with E-state index in [1.165, 1.54) is 0 Å². The van der Waals surface area contributed by atoms with Crippen molar-refractivity contribution in [3.63, 3.8) is 0 Å². The number of likely N-dealkylation sites (tertiary alicyclic amines) is 1. The van der Waals surface area contributed by atoms with Gasteiger partial charge in [-0.15, -0.1) is 0 Å². The fourth-order valence-corrected chi connectivity index (χ4v) is 3.14. The molecule has 0 radical (unpaired) electrons. The average molecular weight is 331 g/mol. The van der Waals surface area contributed by atoms with Crippen LogP contribution in [-0.2, 0) is 4.79 Å². The molecule has 21 heavy (non-hydrogen) atoms. The molecule has 4 nitrogen and oxygen atoms in total. The van der Waals surface area contributed by atoms with Gasteiger partial charge in [0.15, 0.2) is 0 Å². The van der Waals surface area contributed by atoms with Gasteiger partial charge in [-0.05, 0) is 45.4 Å². The molecule has 6 heteroatoms. The monoisotopic (exact) mass is 330 g/mol. The minimum atomic E-state index is -0.815. The molecule has 0 aliphatic carbocycles. The van der Waals surface area contributed by atoms with Crippen molar-refractivity contribution >= 4 is 34.8 Å². The molecular weight excluding hydrogens is 311 g/mol. The number of halogens is 2. The summed E-state index contributed by atoms with van der Waals surface area (Å²) in [5.74, 6) is -0.157. The lowest BCUT2D eigenvalue weighted by Gasteiger charge is -2.33. The molecule has 1 aliphatic rings. The van der Waals surface area contributed by atoms with Crippen molar-refractivity contribution in [1.82, 2.24) is 4.90 Å². The maximum Gasteiger partial charge on any atom is 0.238 e. The number of benzene rings is 1. The number of rotatable bonds is 4. The summed E-state index contributed by atoms with van der Waals surface area (Å²) in [6, 6.07) is 5.12. The largest absolute Gasteiger partial charge is 0.389 e. The smallest absolute Gasteiger partial charge is 0.238 e. The molecule has 0 aromatic heterocycles. The van der Waals surface area contributed by atoms with Gasteiger partial charge in [-0.25, -0.2) is 0 Å². The van der Waals surface area contributed by atoms with E-state index in [0.717, 1.165) is 19.4 Å². The van der Waals surface area contributed by atoms with Gasteiger partial charge in [0.25, 0.3) is 0 Å². The van der Waals surface area contributed by atoms with E-state index in [2.05, 4.69) is 5.32 Å². The van der Waals surface area contributed by atoms with E-state index in [1.54, 1.807) is 32.0 Å². The van der Waals surface area contributed by atoms with Gasteiger partial charge >= 0.3 is 0 Å². The van der Waals surface area contributed by atoms with Crippen LogP contribution in [0, 0.1) is 0 Å². The van der Waals surface area contributed by atoms with Crippen LogP contribution in [0.4, 0.5) is 5.69 Å². The molecule has 1 saturated heterocycles. The number of anilines is 1. The fraction of sp³-hybridized carbons (Fsp3) is 0.533. The Morgan fingerprint density at radius 3 is 2.86 bits per heavy atom. The molecule has 2 N–H and O–H groups in total. The topological polar surface area (TPSA) is 52.6 Å². The van der Waals surface area contributed by atoms with Gasteiger partial charge in [0.2, 0.25) is 5.91 Å². The van der Waals surface area contributed by atoms with E-state index in [1.807, 2.05) is 4.90 Å². The number of amides is 1. The molecule has 1 atom stereocenters. The lowest BCUT2D eigenvalue weighted by Crippen LogP contribution is -2.48. The minimum Gasteiger partial charge on any atom is -0.389 e. The Kier molecular flexibility index (Phi) is 5.15. The highest BCUT2D eigenvalue weighted by Crippen LogP contribution is 2.30. The molecule has 1 amide bonds. The highest BCUT2D eigenvalue weighted by atomic mass is 35.5. The molecule has 1 aromatic carbocycles. The quantitative estimate of drug-likeness (QED) is 0.891. The van der Waals surface area contributed by atoms with E-state index in [4.69, 9.17) is 23.2 Å². The van der Waals surface area contributed by atoms with E-state index in [-0.39, 0.29) is 18.5 Å². The van der Waals surface area contributed by atoms with Crippen molar-refractivity contribution in [1.29, 1.82) is 0 Å². The van der Waals surface area contributed by atoms with E-state index < -0.39 is 5.60 Å². The number of carbonyl (C=O) groups is 1. The van der Waals surface area contributed by atoms with E-state index >= 15 is 0 Å².